The lowest BCUT2D eigenvalue weighted by molar-refractivity contribution is 0.758. The van der Waals surface area contributed by atoms with E-state index in [0.717, 1.165) is 0 Å². The Labute approximate surface area is 142 Å². The van der Waals surface area contributed by atoms with Crippen LogP contribution in [0.1, 0.15) is 41.8 Å². The van der Waals surface area contributed by atoms with Crippen LogP contribution in [0.15, 0.2) is 54.4 Å². The molecule has 1 atom stereocenters. The quantitative estimate of drug-likeness (QED) is 0.597. The summed E-state index contributed by atoms with van der Waals surface area (Å²) < 4.78 is 0. The van der Waals surface area contributed by atoms with E-state index in [2.05, 4.69) is 72.8 Å². The highest BCUT2D eigenvalue weighted by atomic mass is 32.1. The van der Waals surface area contributed by atoms with Crippen LogP contribution in [-0.4, -0.2) is 11.7 Å². The molecule has 0 amide bonds. The van der Waals surface area contributed by atoms with Crippen LogP contribution in [0.5, 0.6) is 0 Å². The number of thiophene rings is 1. The largest absolute Gasteiger partial charge is 0.359 e. The molecule has 1 aromatic carbocycles. The molecule has 2 nitrogen and oxygen atoms in total. The molecule has 0 fully saturated rings. The summed E-state index contributed by atoms with van der Waals surface area (Å²) in [6.45, 7) is 8.77. The normalized spacial score (nSPS) is 12.0. The van der Waals surface area contributed by atoms with Crippen LogP contribution in [0.25, 0.3) is 0 Å². The number of thiocarbonyl (C=S) groups is 1. The van der Waals surface area contributed by atoms with Gasteiger partial charge in [0.15, 0.2) is 5.11 Å². The first-order valence-electron chi connectivity index (χ1n) is 7.40. The van der Waals surface area contributed by atoms with Gasteiger partial charge in [0.1, 0.15) is 0 Å². The molecule has 0 aliphatic rings. The molecule has 2 aromatic rings. The molecule has 2 N–H and O–H groups in total. The summed E-state index contributed by atoms with van der Waals surface area (Å²) in [5.41, 5.74) is 2.57. The lowest BCUT2D eigenvalue weighted by atomic mass is 9.98. The fraction of sp³-hybridized carbons (Fsp3) is 0.278. The summed E-state index contributed by atoms with van der Waals surface area (Å²) in [6.07, 6.45) is 1.80. The first-order chi connectivity index (χ1) is 10.6. The van der Waals surface area contributed by atoms with Crippen LogP contribution < -0.4 is 10.6 Å². The minimum absolute atomic E-state index is 0.0750. The molecule has 0 bridgehead atoms. The number of rotatable bonds is 6. The van der Waals surface area contributed by atoms with Gasteiger partial charge in [-0.15, -0.1) is 17.9 Å². The molecule has 22 heavy (non-hydrogen) atoms. The SMILES string of the molecule is C=CCNC(=S)N[C@@H](c1ccc(C(C)C)cc1)c1cccs1. The average Bonchev–Trinajstić information content (AvgIpc) is 3.05. The van der Waals surface area contributed by atoms with Gasteiger partial charge in [0, 0.05) is 11.4 Å². The summed E-state index contributed by atoms with van der Waals surface area (Å²) in [5, 5.41) is 9.27. The molecule has 116 valence electrons. The van der Waals surface area contributed by atoms with Crippen molar-refractivity contribution in [2.75, 3.05) is 6.54 Å². The summed E-state index contributed by atoms with van der Waals surface area (Å²) >= 11 is 7.10. The second-order valence-electron chi connectivity index (χ2n) is 5.41. The lowest BCUT2D eigenvalue weighted by Crippen LogP contribution is -2.37. The number of hydrogen-bond donors (Lipinski definition) is 2. The molecule has 1 aromatic heterocycles. The predicted octanol–water partition coefficient (Wildman–Crippen LogP) is 4.61. The van der Waals surface area contributed by atoms with Crippen molar-refractivity contribution >= 4 is 28.7 Å². The lowest BCUT2D eigenvalue weighted by Gasteiger charge is -2.21. The minimum atomic E-state index is 0.0750. The first kappa shape index (κ1) is 16.7. The van der Waals surface area contributed by atoms with E-state index in [1.54, 1.807) is 17.4 Å². The van der Waals surface area contributed by atoms with Crippen molar-refractivity contribution in [3.05, 3.63) is 70.4 Å². The van der Waals surface area contributed by atoms with Crippen LogP contribution in [0, 0.1) is 0 Å². The van der Waals surface area contributed by atoms with Crippen molar-refractivity contribution in [2.45, 2.75) is 25.8 Å². The fourth-order valence-electron chi connectivity index (χ4n) is 2.19. The molecule has 0 spiro atoms. The van der Waals surface area contributed by atoms with Crippen LogP contribution in [-0.2, 0) is 0 Å². The number of hydrogen-bond acceptors (Lipinski definition) is 2. The topological polar surface area (TPSA) is 24.1 Å². The first-order valence-corrected chi connectivity index (χ1v) is 8.69. The van der Waals surface area contributed by atoms with Crippen molar-refractivity contribution in [3.8, 4) is 0 Å². The molecule has 0 aliphatic heterocycles. The van der Waals surface area contributed by atoms with Gasteiger partial charge < -0.3 is 10.6 Å². The zero-order valence-electron chi connectivity index (χ0n) is 13.0. The van der Waals surface area contributed by atoms with Gasteiger partial charge in [-0.05, 0) is 40.7 Å². The van der Waals surface area contributed by atoms with Crippen molar-refractivity contribution in [1.29, 1.82) is 0 Å². The van der Waals surface area contributed by atoms with E-state index in [1.807, 2.05) is 0 Å². The standard InChI is InChI=1S/C18H22N2S2/c1-4-11-19-18(21)20-17(16-6-5-12-22-16)15-9-7-14(8-10-15)13(2)3/h4-10,12-13,17H,1,11H2,2-3H3,(H2,19,20,21)/t17-/m0/s1. The minimum Gasteiger partial charge on any atom is -0.359 e. The monoisotopic (exact) mass is 330 g/mol. The van der Waals surface area contributed by atoms with Crippen molar-refractivity contribution in [1.82, 2.24) is 10.6 Å². The van der Waals surface area contributed by atoms with Gasteiger partial charge in [-0.3, -0.25) is 0 Å². The van der Waals surface area contributed by atoms with E-state index in [0.29, 0.717) is 17.6 Å². The number of benzene rings is 1. The van der Waals surface area contributed by atoms with E-state index in [9.17, 15) is 0 Å². The molecule has 2 rings (SSSR count). The molecular weight excluding hydrogens is 308 g/mol. The zero-order chi connectivity index (χ0) is 15.9. The Kier molecular flexibility index (Phi) is 6.16. The molecule has 1 heterocycles. The smallest absolute Gasteiger partial charge is 0.167 e. The Morgan fingerprint density at radius 2 is 1.91 bits per heavy atom. The number of nitrogens with one attached hydrogen (secondary N) is 2. The highest BCUT2D eigenvalue weighted by Gasteiger charge is 2.16. The van der Waals surface area contributed by atoms with Crippen molar-refractivity contribution in [2.24, 2.45) is 0 Å². The van der Waals surface area contributed by atoms with E-state index >= 15 is 0 Å². The Bertz CT molecular complexity index is 601. The van der Waals surface area contributed by atoms with Crippen LogP contribution in [0.4, 0.5) is 0 Å². The summed E-state index contributed by atoms with van der Waals surface area (Å²) in [7, 11) is 0. The Morgan fingerprint density at radius 1 is 1.23 bits per heavy atom. The van der Waals surface area contributed by atoms with Gasteiger partial charge >= 0.3 is 0 Å². The fourth-order valence-corrected chi connectivity index (χ4v) is 3.20. The van der Waals surface area contributed by atoms with Gasteiger partial charge in [-0.2, -0.15) is 0 Å². The maximum Gasteiger partial charge on any atom is 0.167 e. The van der Waals surface area contributed by atoms with Crippen LogP contribution in [0.3, 0.4) is 0 Å². The van der Waals surface area contributed by atoms with Gasteiger partial charge in [-0.25, -0.2) is 0 Å². The second-order valence-corrected chi connectivity index (χ2v) is 6.80. The summed E-state index contributed by atoms with van der Waals surface area (Å²) in [5.74, 6) is 0.539. The van der Waals surface area contributed by atoms with Crippen LogP contribution in [0.2, 0.25) is 0 Å². The van der Waals surface area contributed by atoms with E-state index in [4.69, 9.17) is 12.2 Å². The Balaban J connectivity index is 2.21. The van der Waals surface area contributed by atoms with E-state index < -0.39 is 0 Å². The molecular formula is C18H22N2S2. The third-order valence-electron chi connectivity index (χ3n) is 3.45. The predicted molar refractivity (Wildman–Crippen MR) is 101 cm³/mol. The molecule has 0 radical (unpaired) electrons. The Morgan fingerprint density at radius 3 is 2.45 bits per heavy atom. The summed E-state index contributed by atoms with van der Waals surface area (Å²) in [4.78, 5) is 1.25. The average molecular weight is 331 g/mol. The molecule has 0 aliphatic carbocycles. The summed E-state index contributed by atoms with van der Waals surface area (Å²) in [6, 6.07) is 13.0. The molecule has 0 saturated heterocycles. The maximum atomic E-state index is 5.37. The van der Waals surface area contributed by atoms with Gasteiger partial charge in [0.25, 0.3) is 0 Å². The molecule has 0 unspecified atom stereocenters. The van der Waals surface area contributed by atoms with E-state index in [-0.39, 0.29) is 6.04 Å². The third kappa shape index (κ3) is 4.42. The van der Waals surface area contributed by atoms with Crippen molar-refractivity contribution in [3.63, 3.8) is 0 Å². The zero-order valence-corrected chi connectivity index (χ0v) is 14.6. The van der Waals surface area contributed by atoms with Crippen LogP contribution >= 0.6 is 23.6 Å². The van der Waals surface area contributed by atoms with Gasteiger partial charge in [0.2, 0.25) is 0 Å². The molecule has 0 saturated carbocycles. The van der Waals surface area contributed by atoms with Crippen molar-refractivity contribution < 1.29 is 0 Å². The third-order valence-corrected chi connectivity index (χ3v) is 4.65. The van der Waals surface area contributed by atoms with Gasteiger partial charge in [0.05, 0.1) is 6.04 Å². The maximum absolute atomic E-state index is 5.37. The second kappa shape index (κ2) is 8.11. The Hall–Kier alpha value is -1.65. The van der Waals surface area contributed by atoms with E-state index in [1.165, 1.54) is 16.0 Å². The molecule has 4 heteroatoms. The highest BCUT2D eigenvalue weighted by molar-refractivity contribution is 7.80. The highest BCUT2D eigenvalue weighted by Crippen LogP contribution is 2.27. The van der Waals surface area contributed by atoms with Gasteiger partial charge in [-0.1, -0.05) is 50.3 Å².